The van der Waals surface area contributed by atoms with Gasteiger partial charge >= 0.3 is 0 Å². The van der Waals surface area contributed by atoms with Crippen molar-refractivity contribution in [1.82, 2.24) is 0 Å². The van der Waals surface area contributed by atoms with Gasteiger partial charge in [-0.05, 0) is 13.3 Å². The first-order valence-electron chi connectivity index (χ1n) is 5.19. The van der Waals surface area contributed by atoms with Gasteiger partial charge in [0.15, 0.2) is 0 Å². The van der Waals surface area contributed by atoms with E-state index < -0.39 is 0 Å². The van der Waals surface area contributed by atoms with E-state index >= 15 is 0 Å². The first kappa shape index (κ1) is 12.7. The third kappa shape index (κ3) is 10.7. The molecule has 0 aliphatic carbocycles. The molecule has 0 N–H and O–H groups in total. The van der Waals surface area contributed by atoms with E-state index in [1.165, 1.54) is 6.42 Å². The zero-order chi connectivity index (χ0) is 10.5. The Labute approximate surface area is 88.0 Å². The van der Waals surface area contributed by atoms with Gasteiger partial charge in [-0.25, -0.2) is 0 Å². The van der Waals surface area contributed by atoms with E-state index in [9.17, 15) is 0 Å². The van der Waals surface area contributed by atoms with Crippen LogP contribution in [0.3, 0.4) is 0 Å². The fourth-order valence-corrected chi connectivity index (χ4v) is 0.837. The summed E-state index contributed by atoms with van der Waals surface area (Å²) in [6, 6.07) is 0. The molecule has 0 unspecified atom stereocenters. The Morgan fingerprint density at radius 1 is 0.714 bits per heavy atom. The third-order valence-electron chi connectivity index (χ3n) is 1.56. The maximum absolute atomic E-state index is 2.18. The van der Waals surface area contributed by atoms with Crippen LogP contribution < -0.4 is 0 Å². The van der Waals surface area contributed by atoms with Crippen LogP contribution in [0.25, 0.3) is 0 Å². The zero-order valence-electron chi connectivity index (χ0n) is 9.19. The zero-order valence-corrected chi connectivity index (χ0v) is 9.19. The SMILES string of the molecule is CC=CC=CC=CC=CC=CCCC. The van der Waals surface area contributed by atoms with Crippen LogP contribution in [0.2, 0.25) is 0 Å². The molecule has 0 atom stereocenters. The molecule has 0 aliphatic heterocycles. The van der Waals surface area contributed by atoms with Crippen molar-refractivity contribution < 1.29 is 0 Å². The van der Waals surface area contributed by atoms with Crippen LogP contribution >= 0.6 is 0 Å². The molecular formula is C14H20. The van der Waals surface area contributed by atoms with E-state index in [4.69, 9.17) is 0 Å². The molecule has 14 heavy (non-hydrogen) atoms. The highest BCUT2D eigenvalue weighted by Crippen LogP contribution is 1.89. The molecular weight excluding hydrogens is 168 g/mol. The molecule has 0 saturated carbocycles. The van der Waals surface area contributed by atoms with Gasteiger partial charge in [0.25, 0.3) is 0 Å². The summed E-state index contributed by atoms with van der Waals surface area (Å²) in [5.74, 6) is 0. The van der Waals surface area contributed by atoms with Gasteiger partial charge in [-0.15, -0.1) is 0 Å². The molecule has 0 bridgehead atoms. The predicted molar refractivity (Wildman–Crippen MR) is 66.3 cm³/mol. The topological polar surface area (TPSA) is 0 Å². The number of allylic oxidation sites excluding steroid dienone is 10. The summed E-state index contributed by atoms with van der Waals surface area (Å²) in [6.07, 6.45) is 22.8. The lowest BCUT2D eigenvalue weighted by molar-refractivity contribution is 0.959. The second-order valence-corrected chi connectivity index (χ2v) is 2.90. The first-order chi connectivity index (χ1) is 6.91. The van der Waals surface area contributed by atoms with Crippen LogP contribution in [0.4, 0.5) is 0 Å². The van der Waals surface area contributed by atoms with Crippen molar-refractivity contribution in [2.45, 2.75) is 26.7 Å². The molecule has 0 amide bonds. The van der Waals surface area contributed by atoms with Gasteiger partial charge in [0.2, 0.25) is 0 Å². The van der Waals surface area contributed by atoms with Crippen LogP contribution in [0.1, 0.15) is 26.7 Å². The molecule has 76 valence electrons. The van der Waals surface area contributed by atoms with Crippen LogP contribution in [-0.4, -0.2) is 0 Å². The second kappa shape index (κ2) is 11.7. The van der Waals surface area contributed by atoms with Crippen LogP contribution in [-0.2, 0) is 0 Å². The van der Waals surface area contributed by atoms with Gasteiger partial charge in [0.1, 0.15) is 0 Å². The minimum Gasteiger partial charge on any atom is -0.0877 e. The highest BCUT2D eigenvalue weighted by Gasteiger charge is 1.68. The largest absolute Gasteiger partial charge is 0.0877 e. The third-order valence-corrected chi connectivity index (χ3v) is 1.56. The Kier molecular flexibility index (Phi) is 10.6. The molecule has 0 heteroatoms. The summed E-state index contributed by atoms with van der Waals surface area (Å²) in [4.78, 5) is 0. The smallest absolute Gasteiger partial charge is 0.0350 e. The van der Waals surface area contributed by atoms with Gasteiger partial charge in [-0.1, -0.05) is 74.1 Å². The Morgan fingerprint density at radius 2 is 1.21 bits per heavy atom. The number of unbranched alkanes of at least 4 members (excludes halogenated alkanes) is 1. The van der Waals surface area contributed by atoms with E-state index in [-0.39, 0.29) is 0 Å². The molecule has 0 saturated heterocycles. The summed E-state index contributed by atoms with van der Waals surface area (Å²) in [6.45, 7) is 4.19. The van der Waals surface area contributed by atoms with E-state index in [1.807, 2.05) is 49.5 Å². The first-order valence-corrected chi connectivity index (χ1v) is 5.19. The molecule has 0 spiro atoms. The lowest BCUT2D eigenvalue weighted by Crippen LogP contribution is -1.58. The van der Waals surface area contributed by atoms with E-state index in [0.717, 1.165) is 6.42 Å². The fourth-order valence-electron chi connectivity index (χ4n) is 0.837. The van der Waals surface area contributed by atoms with Gasteiger partial charge < -0.3 is 0 Å². The van der Waals surface area contributed by atoms with Gasteiger partial charge in [-0.2, -0.15) is 0 Å². The highest BCUT2D eigenvalue weighted by atomic mass is 13.7. The van der Waals surface area contributed by atoms with E-state index in [1.54, 1.807) is 0 Å². The Morgan fingerprint density at radius 3 is 1.71 bits per heavy atom. The average Bonchev–Trinajstić information content (AvgIpc) is 2.21. The predicted octanol–water partition coefficient (Wildman–Crippen LogP) is 4.59. The second-order valence-electron chi connectivity index (χ2n) is 2.90. The summed E-state index contributed by atoms with van der Waals surface area (Å²) in [7, 11) is 0. The maximum Gasteiger partial charge on any atom is -0.0350 e. The normalized spacial score (nSPS) is 13.6. The molecule has 0 aromatic rings. The number of hydrogen-bond acceptors (Lipinski definition) is 0. The van der Waals surface area contributed by atoms with Crippen molar-refractivity contribution >= 4 is 0 Å². The van der Waals surface area contributed by atoms with Crippen molar-refractivity contribution in [3.63, 3.8) is 0 Å². The number of hydrogen-bond donors (Lipinski definition) is 0. The van der Waals surface area contributed by atoms with Gasteiger partial charge in [-0.3, -0.25) is 0 Å². The molecule has 0 nitrogen and oxygen atoms in total. The van der Waals surface area contributed by atoms with E-state index in [0.29, 0.717) is 0 Å². The lowest BCUT2D eigenvalue weighted by atomic mass is 10.3. The van der Waals surface area contributed by atoms with Crippen molar-refractivity contribution in [2.75, 3.05) is 0 Å². The van der Waals surface area contributed by atoms with Crippen molar-refractivity contribution in [2.24, 2.45) is 0 Å². The Bertz CT molecular complexity index is 237. The van der Waals surface area contributed by atoms with E-state index in [2.05, 4.69) is 25.2 Å². The van der Waals surface area contributed by atoms with Crippen LogP contribution in [0.5, 0.6) is 0 Å². The van der Waals surface area contributed by atoms with Crippen LogP contribution in [0, 0.1) is 0 Å². The Hall–Kier alpha value is -1.30. The highest BCUT2D eigenvalue weighted by molar-refractivity contribution is 5.17. The summed E-state index contributed by atoms with van der Waals surface area (Å²) in [5.41, 5.74) is 0. The summed E-state index contributed by atoms with van der Waals surface area (Å²) >= 11 is 0. The van der Waals surface area contributed by atoms with Gasteiger partial charge in [0.05, 0.1) is 0 Å². The maximum atomic E-state index is 2.18. The molecule has 0 aromatic carbocycles. The van der Waals surface area contributed by atoms with Crippen molar-refractivity contribution in [3.8, 4) is 0 Å². The minimum atomic E-state index is 1.16. The Balaban J connectivity index is 3.60. The molecule has 0 aromatic heterocycles. The molecule has 0 aliphatic rings. The molecule has 0 radical (unpaired) electrons. The monoisotopic (exact) mass is 188 g/mol. The number of rotatable bonds is 6. The molecule has 0 heterocycles. The standard InChI is InChI=1S/C14H20/c1-3-5-7-9-11-13-14-12-10-8-6-4-2/h3,5,7-14H,4,6H2,1-2H3. The molecule has 0 fully saturated rings. The van der Waals surface area contributed by atoms with Crippen LogP contribution in [0.15, 0.2) is 60.8 Å². The van der Waals surface area contributed by atoms with Gasteiger partial charge in [0, 0.05) is 0 Å². The quantitative estimate of drug-likeness (QED) is 0.535. The summed E-state index contributed by atoms with van der Waals surface area (Å²) < 4.78 is 0. The fraction of sp³-hybridized carbons (Fsp3) is 0.286. The minimum absolute atomic E-state index is 1.16. The lowest BCUT2D eigenvalue weighted by Gasteiger charge is -1.79. The molecule has 0 rings (SSSR count). The average molecular weight is 188 g/mol. The summed E-state index contributed by atoms with van der Waals surface area (Å²) in [5, 5.41) is 0. The van der Waals surface area contributed by atoms with Crippen molar-refractivity contribution in [3.05, 3.63) is 60.8 Å². The van der Waals surface area contributed by atoms with Crippen molar-refractivity contribution in [1.29, 1.82) is 0 Å².